The zero-order valence-electron chi connectivity index (χ0n) is 11.0. The summed E-state index contributed by atoms with van der Waals surface area (Å²) in [6.07, 6.45) is 0.991. The molecule has 0 aliphatic rings. The number of halogens is 3. The molecule has 1 aromatic carbocycles. The third-order valence-corrected chi connectivity index (χ3v) is 3.36. The minimum atomic E-state index is -1.02. The highest BCUT2D eigenvalue weighted by atomic mass is 79.9. The molecule has 0 bridgehead atoms. The van der Waals surface area contributed by atoms with Crippen LogP contribution < -0.4 is 10.1 Å². The van der Waals surface area contributed by atoms with E-state index in [-0.39, 0.29) is 11.6 Å². The lowest BCUT2D eigenvalue weighted by atomic mass is 10.1. The van der Waals surface area contributed by atoms with E-state index in [1.165, 1.54) is 12.1 Å². The van der Waals surface area contributed by atoms with Crippen molar-refractivity contribution >= 4 is 27.5 Å². The fourth-order valence-electron chi connectivity index (χ4n) is 1.43. The van der Waals surface area contributed by atoms with Gasteiger partial charge in [0.15, 0.2) is 0 Å². The van der Waals surface area contributed by atoms with Crippen LogP contribution in [0.15, 0.2) is 16.6 Å². The van der Waals surface area contributed by atoms with Crippen molar-refractivity contribution in [1.29, 1.82) is 0 Å². The van der Waals surface area contributed by atoms with Gasteiger partial charge in [0.25, 0.3) is 0 Å². The predicted octanol–water partition coefficient (Wildman–Crippen LogP) is 3.37. The molecule has 0 amide bonds. The van der Waals surface area contributed by atoms with Crippen LogP contribution in [0.3, 0.4) is 0 Å². The zero-order chi connectivity index (χ0) is 14.5. The van der Waals surface area contributed by atoms with Gasteiger partial charge < -0.3 is 15.2 Å². The third-order valence-electron chi connectivity index (χ3n) is 2.45. The summed E-state index contributed by atoms with van der Waals surface area (Å²) in [5.74, 6) is -0.235. The topological polar surface area (TPSA) is 41.5 Å². The first kappa shape index (κ1) is 16.7. The summed E-state index contributed by atoms with van der Waals surface area (Å²) < 4.78 is 19.3. The van der Waals surface area contributed by atoms with E-state index in [1.807, 2.05) is 6.92 Å². The maximum Gasteiger partial charge on any atom is 0.145 e. The van der Waals surface area contributed by atoms with Gasteiger partial charge in [0, 0.05) is 12.6 Å². The molecule has 6 heteroatoms. The number of benzene rings is 1. The molecule has 0 heterocycles. The molecular weight excluding hydrogens is 337 g/mol. The zero-order valence-corrected chi connectivity index (χ0v) is 13.3. The molecule has 0 radical (unpaired) electrons. The molecule has 0 saturated heterocycles. The molecule has 108 valence electrons. The fraction of sp³-hybridized carbons (Fsp3) is 0.538. The molecule has 0 aliphatic heterocycles. The van der Waals surface area contributed by atoms with Crippen LogP contribution in [0.25, 0.3) is 0 Å². The van der Waals surface area contributed by atoms with Crippen LogP contribution in [0.5, 0.6) is 5.75 Å². The van der Waals surface area contributed by atoms with E-state index >= 15 is 0 Å². The van der Waals surface area contributed by atoms with Crippen LogP contribution in [0.4, 0.5) is 4.39 Å². The van der Waals surface area contributed by atoms with Crippen LogP contribution >= 0.6 is 27.5 Å². The Morgan fingerprint density at radius 2 is 2.21 bits per heavy atom. The SMILES string of the molecule is CCCNCC(C)(O)COc1cc(F)c(Cl)cc1Br. The normalized spacial score (nSPS) is 14.2. The number of hydrogen-bond acceptors (Lipinski definition) is 3. The van der Waals surface area contributed by atoms with Gasteiger partial charge in [0.1, 0.15) is 23.8 Å². The second kappa shape index (κ2) is 7.43. The van der Waals surface area contributed by atoms with Crippen molar-refractivity contribution in [2.75, 3.05) is 19.7 Å². The highest BCUT2D eigenvalue weighted by Gasteiger charge is 2.21. The first-order valence-corrected chi connectivity index (χ1v) is 7.23. The fourth-order valence-corrected chi connectivity index (χ4v) is 2.19. The van der Waals surface area contributed by atoms with Gasteiger partial charge in [-0.25, -0.2) is 4.39 Å². The van der Waals surface area contributed by atoms with Crippen molar-refractivity contribution in [3.05, 3.63) is 27.4 Å². The average Bonchev–Trinajstić information content (AvgIpc) is 2.32. The number of hydrogen-bond donors (Lipinski definition) is 2. The molecular formula is C13H18BrClFNO2. The molecule has 0 aliphatic carbocycles. The summed E-state index contributed by atoms with van der Waals surface area (Å²) >= 11 is 8.88. The van der Waals surface area contributed by atoms with E-state index in [0.29, 0.717) is 16.8 Å². The summed E-state index contributed by atoms with van der Waals surface area (Å²) in [5.41, 5.74) is -1.02. The van der Waals surface area contributed by atoms with Crippen molar-refractivity contribution in [2.24, 2.45) is 0 Å². The van der Waals surface area contributed by atoms with Crippen molar-refractivity contribution < 1.29 is 14.2 Å². The van der Waals surface area contributed by atoms with Gasteiger partial charge in [-0.1, -0.05) is 18.5 Å². The lowest BCUT2D eigenvalue weighted by Crippen LogP contribution is -2.43. The lowest BCUT2D eigenvalue weighted by molar-refractivity contribution is 0.0121. The molecule has 3 nitrogen and oxygen atoms in total. The van der Waals surface area contributed by atoms with E-state index in [4.69, 9.17) is 16.3 Å². The molecule has 0 spiro atoms. The molecule has 0 fully saturated rings. The summed E-state index contributed by atoms with van der Waals surface area (Å²) in [7, 11) is 0. The van der Waals surface area contributed by atoms with Crippen molar-refractivity contribution in [1.82, 2.24) is 5.32 Å². The second-order valence-corrected chi connectivity index (χ2v) is 5.92. The van der Waals surface area contributed by atoms with E-state index in [9.17, 15) is 9.50 Å². The van der Waals surface area contributed by atoms with Crippen LogP contribution in [0.1, 0.15) is 20.3 Å². The molecule has 1 atom stereocenters. The Balaban J connectivity index is 2.58. The van der Waals surface area contributed by atoms with Crippen molar-refractivity contribution in [3.8, 4) is 5.75 Å². The van der Waals surface area contributed by atoms with Gasteiger partial charge in [0.2, 0.25) is 0 Å². The lowest BCUT2D eigenvalue weighted by Gasteiger charge is -2.24. The number of nitrogens with one attached hydrogen (secondary N) is 1. The maximum absolute atomic E-state index is 13.3. The minimum absolute atomic E-state index is 0.0237. The van der Waals surface area contributed by atoms with Gasteiger partial charge in [-0.3, -0.25) is 0 Å². The maximum atomic E-state index is 13.3. The third kappa shape index (κ3) is 5.65. The van der Waals surface area contributed by atoms with E-state index in [1.54, 1.807) is 6.92 Å². The number of rotatable bonds is 7. The Morgan fingerprint density at radius 1 is 1.53 bits per heavy atom. The monoisotopic (exact) mass is 353 g/mol. The highest BCUT2D eigenvalue weighted by Crippen LogP contribution is 2.30. The first-order chi connectivity index (χ1) is 8.85. The largest absolute Gasteiger partial charge is 0.489 e. The van der Waals surface area contributed by atoms with E-state index in [2.05, 4.69) is 21.2 Å². The minimum Gasteiger partial charge on any atom is -0.489 e. The Kier molecular flexibility index (Phi) is 6.53. The first-order valence-electron chi connectivity index (χ1n) is 6.06. The van der Waals surface area contributed by atoms with Gasteiger partial charge >= 0.3 is 0 Å². The standard InChI is InChI=1S/C13H18BrClFNO2/c1-3-4-17-7-13(2,18)8-19-12-6-11(16)10(15)5-9(12)14/h5-6,17-18H,3-4,7-8H2,1-2H3. The molecule has 1 unspecified atom stereocenters. The molecule has 0 saturated carbocycles. The second-order valence-electron chi connectivity index (χ2n) is 4.66. The molecule has 0 aromatic heterocycles. The van der Waals surface area contributed by atoms with Gasteiger partial charge in [-0.15, -0.1) is 0 Å². The number of ether oxygens (including phenoxy) is 1. The van der Waals surface area contributed by atoms with Crippen LogP contribution in [-0.2, 0) is 0 Å². The highest BCUT2D eigenvalue weighted by molar-refractivity contribution is 9.10. The Morgan fingerprint density at radius 3 is 2.84 bits per heavy atom. The van der Waals surface area contributed by atoms with E-state index in [0.717, 1.165) is 13.0 Å². The molecule has 1 aromatic rings. The Hall–Kier alpha value is -0.360. The summed E-state index contributed by atoms with van der Waals surface area (Å²) in [5, 5.41) is 13.2. The number of aliphatic hydroxyl groups is 1. The summed E-state index contributed by atoms with van der Waals surface area (Å²) in [6.45, 7) is 5.01. The Labute approximate surface area is 126 Å². The summed E-state index contributed by atoms with van der Waals surface area (Å²) in [4.78, 5) is 0. The quantitative estimate of drug-likeness (QED) is 0.583. The predicted molar refractivity (Wildman–Crippen MR) is 78.4 cm³/mol. The van der Waals surface area contributed by atoms with Gasteiger partial charge in [-0.2, -0.15) is 0 Å². The van der Waals surface area contributed by atoms with E-state index < -0.39 is 11.4 Å². The van der Waals surface area contributed by atoms with Crippen LogP contribution in [0.2, 0.25) is 5.02 Å². The van der Waals surface area contributed by atoms with Gasteiger partial charge in [-0.05, 0) is 41.9 Å². The molecule has 2 N–H and O–H groups in total. The van der Waals surface area contributed by atoms with Crippen molar-refractivity contribution in [2.45, 2.75) is 25.9 Å². The smallest absolute Gasteiger partial charge is 0.145 e. The summed E-state index contributed by atoms with van der Waals surface area (Å²) in [6, 6.07) is 2.62. The Bertz CT molecular complexity index is 429. The molecule has 1 rings (SSSR count). The average molecular weight is 355 g/mol. The molecule has 19 heavy (non-hydrogen) atoms. The van der Waals surface area contributed by atoms with Crippen LogP contribution in [0, 0.1) is 5.82 Å². The van der Waals surface area contributed by atoms with Crippen molar-refractivity contribution in [3.63, 3.8) is 0 Å². The van der Waals surface area contributed by atoms with Gasteiger partial charge in [0.05, 0.1) is 9.50 Å². The van der Waals surface area contributed by atoms with Crippen LogP contribution in [-0.4, -0.2) is 30.4 Å².